The van der Waals surface area contributed by atoms with Crippen molar-refractivity contribution in [1.82, 2.24) is 44.9 Å². The number of anilines is 3. The van der Waals surface area contributed by atoms with Gasteiger partial charge in [-0.3, -0.25) is 29.4 Å². The van der Waals surface area contributed by atoms with Gasteiger partial charge in [0.2, 0.25) is 11.8 Å². The molecule has 5 aromatic rings. The molecule has 17 heteroatoms. The van der Waals surface area contributed by atoms with Crippen LogP contribution >= 0.6 is 11.6 Å². The average molecular weight is 846 g/mol. The van der Waals surface area contributed by atoms with Crippen molar-refractivity contribution >= 4 is 63.6 Å². The maximum absolute atomic E-state index is 13.0. The monoisotopic (exact) mass is 845 g/mol. The molecule has 2 aromatic carbocycles. The van der Waals surface area contributed by atoms with Crippen molar-refractivity contribution in [2.24, 2.45) is 5.92 Å². The number of amides is 4. The van der Waals surface area contributed by atoms with Crippen LogP contribution in [0.2, 0.25) is 5.02 Å². The Morgan fingerprint density at radius 2 is 1.64 bits per heavy atom. The second-order valence-corrected chi connectivity index (χ2v) is 16.7. The lowest BCUT2D eigenvalue weighted by Gasteiger charge is -2.39. The highest BCUT2D eigenvalue weighted by molar-refractivity contribution is 6.33. The minimum absolute atomic E-state index is 0.0123. The molecule has 16 nitrogen and oxygen atoms in total. The van der Waals surface area contributed by atoms with Crippen LogP contribution in [-0.4, -0.2) is 116 Å². The first-order chi connectivity index (χ1) is 29.7. The van der Waals surface area contributed by atoms with Gasteiger partial charge in [0.15, 0.2) is 23.6 Å². The topological polar surface area (TPSA) is 180 Å². The molecule has 1 saturated carbocycles. The fourth-order valence-corrected chi connectivity index (χ4v) is 9.01. The van der Waals surface area contributed by atoms with Crippen molar-refractivity contribution in [2.45, 2.75) is 56.5 Å². The van der Waals surface area contributed by atoms with E-state index in [-0.39, 0.29) is 53.9 Å². The fraction of sp³-hybridized carbons (Fsp3) is 0.409. The van der Waals surface area contributed by atoms with Crippen LogP contribution < -0.4 is 25.6 Å². The van der Waals surface area contributed by atoms with Crippen molar-refractivity contribution in [3.05, 3.63) is 95.8 Å². The van der Waals surface area contributed by atoms with E-state index in [0.29, 0.717) is 40.9 Å². The van der Waals surface area contributed by atoms with E-state index in [9.17, 15) is 19.2 Å². The quantitative estimate of drug-likeness (QED) is 0.148. The fourth-order valence-electron chi connectivity index (χ4n) is 8.81. The number of nitrogens with zero attached hydrogens (tertiary/aromatic N) is 8. The Morgan fingerprint density at radius 1 is 0.869 bits per heavy atom. The predicted octanol–water partition coefficient (Wildman–Crippen LogP) is 4.71. The highest BCUT2D eigenvalue weighted by Crippen LogP contribution is 2.36. The highest BCUT2D eigenvalue weighted by atomic mass is 35.5. The predicted molar refractivity (Wildman–Crippen MR) is 229 cm³/mol. The molecule has 316 valence electrons. The summed E-state index contributed by atoms with van der Waals surface area (Å²) in [5.74, 6) is 0.640. The number of nitrogens with one attached hydrogen (secondary N) is 3. The Morgan fingerprint density at radius 3 is 2.38 bits per heavy atom. The zero-order chi connectivity index (χ0) is 41.9. The number of carbonyl (C=O) groups excluding carboxylic acids is 4. The number of aromatic nitrogens is 5. The van der Waals surface area contributed by atoms with E-state index in [0.717, 1.165) is 88.4 Å². The Hall–Kier alpha value is -6.13. The van der Waals surface area contributed by atoms with Gasteiger partial charge in [0.05, 0.1) is 17.3 Å². The van der Waals surface area contributed by atoms with Crippen LogP contribution in [0, 0.1) is 5.92 Å². The zero-order valence-electron chi connectivity index (χ0n) is 33.7. The van der Waals surface area contributed by atoms with Gasteiger partial charge in [-0.15, -0.1) is 0 Å². The Balaban J connectivity index is 0.690. The number of hydrogen-bond donors (Lipinski definition) is 3. The molecule has 3 N–H and O–H groups in total. The number of halogens is 1. The normalized spacial score (nSPS) is 21.2. The number of piperidine rings is 2. The molecule has 4 amide bonds. The Labute approximate surface area is 358 Å². The van der Waals surface area contributed by atoms with Crippen molar-refractivity contribution < 1.29 is 23.9 Å². The third-order valence-electron chi connectivity index (χ3n) is 12.4. The second kappa shape index (κ2) is 17.8. The van der Waals surface area contributed by atoms with Crippen LogP contribution in [0.3, 0.4) is 0 Å². The van der Waals surface area contributed by atoms with Crippen LogP contribution in [0.1, 0.15) is 66.5 Å². The average Bonchev–Trinajstić information content (AvgIpc) is 3.70. The molecule has 3 aromatic heterocycles. The molecular weight excluding hydrogens is 798 g/mol. The summed E-state index contributed by atoms with van der Waals surface area (Å²) in [6, 6.07) is 19.2. The number of piperazine rings is 1. The van der Waals surface area contributed by atoms with Crippen molar-refractivity contribution in [1.29, 1.82) is 0 Å². The van der Waals surface area contributed by atoms with E-state index < -0.39 is 0 Å². The number of pyridine rings is 1. The first-order valence-electron chi connectivity index (χ1n) is 21.0. The Kier molecular flexibility index (Phi) is 11.8. The second-order valence-electron chi connectivity index (χ2n) is 16.3. The smallest absolute Gasteiger partial charge is 0.271 e. The van der Waals surface area contributed by atoms with Gasteiger partial charge in [-0.2, -0.15) is 0 Å². The summed E-state index contributed by atoms with van der Waals surface area (Å²) in [6.07, 6.45) is 9.18. The maximum atomic E-state index is 13.0. The largest absolute Gasteiger partial charge is 0.484 e. The standard InChI is InChI=1S/C44H48ClN11O5/c45-36-2-1-15-46-39(36)44(60)51-31-22-33(23-31)56-27-49-40-41(47-26-48-42(40)56)50-30-5-7-32(8-6-30)54-20-18-53(19-21-54)24-28-13-16-55(17-14-28)38(58)25-61-34-9-3-29(4-10-34)35-11-12-37(57)52-43(35)59/h1-10,15,26-28,31,33,35H,11-14,16-25H2,(H,51,60)(H,47,48,50)(H,52,57,59). The third-order valence-corrected chi connectivity index (χ3v) is 12.7. The molecule has 6 heterocycles. The summed E-state index contributed by atoms with van der Waals surface area (Å²) >= 11 is 6.15. The number of carbonyl (C=O) groups is 4. The number of ether oxygens (including phenoxy) is 1. The van der Waals surface area contributed by atoms with Gasteiger partial charge in [-0.05, 0) is 92.1 Å². The zero-order valence-corrected chi connectivity index (χ0v) is 34.5. The van der Waals surface area contributed by atoms with Gasteiger partial charge >= 0.3 is 0 Å². The number of likely N-dealkylation sites (tertiary alicyclic amines) is 1. The number of benzene rings is 2. The SMILES string of the molecule is O=C1CCC(c2ccc(OCC(=O)N3CCC(CN4CCN(c5ccc(Nc6ncnc7c6ncn7C6CC(NC(=O)c7ncccc7Cl)C6)cc5)CC4)CC3)cc2)C(=O)N1. The first kappa shape index (κ1) is 40.3. The van der Waals surface area contributed by atoms with Crippen molar-refractivity contribution in [2.75, 3.05) is 62.6 Å². The van der Waals surface area contributed by atoms with Crippen LogP contribution in [0.15, 0.2) is 79.5 Å². The molecule has 0 spiro atoms. The molecule has 61 heavy (non-hydrogen) atoms. The molecule has 3 saturated heterocycles. The highest BCUT2D eigenvalue weighted by Gasteiger charge is 2.34. The molecule has 4 fully saturated rings. The molecule has 0 radical (unpaired) electrons. The number of fused-ring (bicyclic) bond motifs is 1. The van der Waals surface area contributed by atoms with Crippen LogP contribution in [0.4, 0.5) is 17.2 Å². The molecule has 1 unspecified atom stereocenters. The van der Waals surface area contributed by atoms with Gasteiger partial charge < -0.3 is 29.7 Å². The number of imidazole rings is 1. The molecule has 1 aliphatic carbocycles. The number of rotatable bonds is 12. The van der Waals surface area contributed by atoms with Crippen LogP contribution in [-0.2, 0) is 14.4 Å². The van der Waals surface area contributed by atoms with Gasteiger partial charge in [0, 0.05) is 81.9 Å². The van der Waals surface area contributed by atoms with Gasteiger partial charge in [-0.25, -0.2) is 19.9 Å². The van der Waals surface area contributed by atoms with Gasteiger partial charge in [0.25, 0.3) is 11.8 Å². The lowest BCUT2D eigenvalue weighted by molar-refractivity contribution is -0.135. The summed E-state index contributed by atoms with van der Waals surface area (Å²) in [6.45, 7) is 6.36. The van der Waals surface area contributed by atoms with E-state index in [1.165, 1.54) is 5.69 Å². The van der Waals surface area contributed by atoms with E-state index in [4.69, 9.17) is 16.3 Å². The third kappa shape index (κ3) is 9.15. The minimum atomic E-state index is -0.346. The molecular formula is C44H48ClN11O5. The number of imide groups is 1. The lowest BCUT2D eigenvalue weighted by Crippen LogP contribution is -2.49. The van der Waals surface area contributed by atoms with E-state index in [2.05, 4.69) is 74.5 Å². The molecule has 3 aliphatic heterocycles. The van der Waals surface area contributed by atoms with Crippen LogP contribution in [0.25, 0.3) is 11.2 Å². The van der Waals surface area contributed by atoms with Crippen LogP contribution in [0.5, 0.6) is 5.75 Å². The molecule has 4 aliphatic rings. The van der Waals surface area contributed by atoms with E-state index in [1.54, 1.807) is 43.1 Å². The summed E-state index contributed by atoms with van der Waals surface area (Å²) in [4.78, 5) is 74.0. The summed E-state index contributed by atoms with van der Waals surface area (Å²) in [5.41, 5.74) is 4.59. The summed E-state index contributed by atoms with van der Waals surface area (Å²) in [7, 11) is 0. The molecule has 0 bridgehead atoms. The molecule has 1 atom stereocenters. The first-order valence-corrected chi connectivity index (χ1v) is 21.4. The maximum Gasteiger partial charge on any atom is 0.271 e. The van der Waals surface area contributed by atoms with Gasteiger partial charge in [0.1, 0.15) is 17.8 Å². The minimum Gasteiger partial charge on any atom is -0.484 e. The molecule has 9 rings (SSSR count). The Bertz CT molecular complexity index is 2390. The summed E-state index contributed by atoms with van der Waals surface area (Å²) in [5, 5.41) is 9.19. The van der Waals surface area contributed by atoms with Gasteiger partial charge in [-0.1, -0.05) is 23.7 Å². The number of hydrogen-bond acceptors (Lipinski definition) is 12. The van der Waals surface area contributed by atoms with E-state index >= 15 is 0 Å². The van der Waals surface area contributed by atoms with Crippen molar-refractivity contribution in [3.63, 3.8) is 0 Å². The van der Waals surface area contributed by atoms with Crippen molar-refractivity contribution in [3.8, 4) is 5.75 Å². The summed E-state index contributed by atoms with van der Waals surface area (Å²) < 4.78 is 7.86. The lowest BCUT2D eigenvalue weighted by atomic mass is 9.86. The van der Waals surface area contributed by atoms with E-state index in [1.807, 2.05) is 17.0 Å².